The Labute approximate surface area is 96.8 Å². The molecule has 0 rings (SSSR count). The lowest BCUT2D eigenvalue weighted by Crippen LogP contribution is -2.30. The molecule has 0 aliphatic heterocycles. The molecule has 0 bridgehead atoms. The molecule has 0 aliphatic rings. The summed E-state index contributed by atoms with van der Waals surface area (Å²) >= 11 is 0. The molecule has 98 valence electrons. The second-order valence-electron chi connectivity index (χ2n) is 4.30. The van der Waals surface area contributed by atoms with Gasteiger partial charge in [-0.05, 0) is 32.2 Å². The lowest BCUT2D eigenvalue weighted by molar-refractivity contribution is -0.135. The molecule has 0 amide bonds. The van der Waals surface area contributed by atoms with E-state index in [1.54, 1.807) is 0 Å². The fraction of sp³-hybridized carbons (Fsp3) is 1.00. The smallest absolute Gasteiger partial charge is 0.314 e. The van der Waals surface area contributed by atoms with Crippen molar-refractivity contribution in [1.29, 1.82) is 0 Å². The van der Waals surface area contributed by atoms with Crippen LogP contribution in [0.5, 0.6) is 0 Å². The Morgan fingerprint density at radius 3 is 2.12 bits per heavy atom. The summed E-state index contributed by atoms with van der Waals surface area (Å²) in [6.45, 7) is 5.08. The van der Waals surface area contributed by atoms with Gasteiger partial charge in [-0.1, -0.05) is 26.7 Å². The first-order chi connectivity index (χ1) is 7.49. The number of rotatable bonds is 9. The topological polar surface area (TPSA) is 12.0 Å². The Morgan fingerprint density at radius 1 is 1.00 bits per heavy atom. The van der Waals surface area contributed by atoms with Gasteiger partial charge in [0.2, 0.25) is 0 Å². The van der Waals surface area contributed by atoms with Gasteiger partial charge >= 0.3 is 6.18 Å². The standard InChI is InChI=1S/C12H24F3N/c1-3-5-7-11(16-10-4-2)8-6-9-12(13,14)15/h11,16H,3-10H2,1-2H3. The van der Waals surface area contributed by atoms with Crippen LogP contribution >= 0.6 is 0 Å². The summed E-state index contributed by atoms with van der Waals surface area (Å²) < 4.78 is 36.0. The van der Waals surface area contributed by atoms with Crippen LogP contribution in [0.1, 0.15) is 58.8 Å². The van der Waals surface area contributed by atoms with E-state index < -0.39 is 12.6 Å². The number of unbranched alkanes of at least 4 members (excludes halogenated alkanes) is 1. The van der Waals surface area contributed by atoms with E-state index in [2.05, 4.69) is 19.2 Å². The van der Waals surface area contributed by atoms with E-state index in [0.717, 1.165) is 32.2 Å². The monoisotopic (exact) mass is 239 g/mol. The minimum absolute atomic E-state index is 0.245. The third-order valence-electron chi connectivity index (χ3n) is 2.60. The lowest BCUT2D eigenvalue weighted by atomic mass is 10.0. The van der Waals surface area contributed by atoms with Gasteiger partial charge in [-0.25, -0.2) is 0 Å². The van der Waals surface area contributed by atoms with E-state index >= 15 is 0 Å². The minimum atomic E-state index is -4.00. The van der Waals surface area contributed by atoms with Gasteiger partial charge in [-0.3, -0.25) is 0 Å². The number of hydrogen-bond donors (Lipinski definition) is 1. The van der Waals surface area contributed by atoms with E-state index in [0.29, 0.717) is 6.42 Å². The highest BCUT2D eigenvalue weighted by Crippen LogP contribution is 2.23. The van der Waals surface area contributed by atoms with Gasteiger partial charge in [0.15, 0.2) is 0 Å². The highest BCUT2D eigenvalue weighted by molar-refractivity contribution is 4.67. The van der Waals surface area contributed by atoms with Gasteiger partial charge in [0.05, 0.1) is 0 Å². The molecule has 0 spiro atoms. The van der Waals surface area contributed by atoms with Crippen molar-refractivity contribution < 1.29 is 13.2 Å². The van der Waals surface area contributed by atoms with Crippen LogP contribution in [0.3, 0.4) is 0 Å². The first-order valence-electron chi connectivity index (χ1n) is 6.29. The van der Waals surface area contributed by atoms with E-state index in [1.165, 1.54) is 0 Å². The van der Waals surface area contributed by atoms with Gasteiger partial charge in [0.25, 0.3) is 0 Å². The van der Waals surface area contributed by atoms with Crippen LogP contribution in [0.25, 0.3) is 0 Å². The van der Waals surface area contributed by atoms with Crippen LogP contribution in [0.15, 0.2) is 0 Å². The molecule has 0 aromatic carbocycles. The second-order valence-corrected chi connectivity index (χ2v) is 4.30. The molecule has 0 saturated carbocycles. The minimum Gasteiger partial charge on any atom is -0.314 e. The van der Waals surface area contributed by atoms with Crippen molar-refractivity contribution in [3.63, 3.8) is 0 Å². The Morgan fingerprint density at radius 2 is 1.62 bits per heavy atom. The molecule has 0 aliphatic carbocycles. The van der Waals surface area contributed by atoms with Gasteiger partial charge < -0.3 is 5.32 Å². The molecule has 1 nitrogen and oxygen atoms in total. The Balaban J connectivity index is 3.72. The van der Waals surface area contributed by atoms with Crippen LogP contribution in [0, 0.1) is 0 Å². The van der Waals surface area contributed by atoms with Crippen LogP contribution in [-0.2, 0) is 0 Å². The number of alkyl halides is 3. The Bertz CT molecular complexity index is 149. The molecule has 4 heteroatoms. The maximum atomic E-state index is 12.0. The predicted octanol–water partition coefficient (Wildman–Crippen LogP) is 4.28. The molecule has 0 radical (unpaired) electrons. The third kappa shape index (κ3) is 10.3. The van der Waals surface area contributed by atoms with Gasteiger partial charge in [0.1, 0.15) is 0 Å². The van der Waals surface area contributed by atoms with Gasteiger partial charge in [-0.15, -0.1) is 0 Å². The zero-order valence-corrected chi connectivity index (χ0v) is 10.4. The Kier molecular flexibility index (Phi) is 8.71. The molecule has 1 atom stereocenters. The maximum Gasteiger partial charge on any atom is 0.389 e. The summed E-state index contributed by atoms with van der Waals surface area (Å²) in [4.78, 5) is 0. The number of nitrogens with one attached hydrogen (secondary N) is 1. The van der Waals surface area contributed by atoms with Crippen molar-refractivity contribution in [3.8, 4) is 0 Å². The summed E-state index contributed by atoms with van der Waals surface area (Å²) in [6.07, 6.45) is 0.449. The molecule has 16 heavy (non-hydrogen) atoms. The van der Waals surface area contributed by atoms with Crippen LogP contribution in [0.4, 0.5) is 13.2 Å². The third-order valence-corrected chi connectivity index (χ3v) is 2.60. The molecule has 0 aromatic rings. The quantitative estimate of drug-likeness (QED) is 0.633. The fourth-order valence-corrected chi connectivity index (χ4v) is 1.70. The summed E-state index contributed by atoms with van der Waals surface area (Å²) in [5.74, 6) is 0. The van der Waals surface area contributed by atoms with Crippen molar-refractivity contribution in [2.75, 3.05) is 6.54 Å². The first-order valence-corrected chi connectivity index (χ1v) is 6.29. The highest BCUT2D eigenvalue weighted by atomic mass is 19.4. The molecule has 1 unspecified atom stereocenters. The summed E-state index contributed by atoms with van der Waals surface area (Å²) in [5, 5.41) is 3.32. The molecule has 0 aromatic heterocycles. The second kappa shape index (κ2) is 8.85. The van der Waals surface area contributed by atoms with Crippen molar-refractivity contribution in [1.82, 2.24) is 5.32 Å². The first kappa shape index (κ1) is 15.8. The van der Waals surface area contributed by atoms with Crippen LogP contribution < -0.4 is 5.32 Å². The normalized spacial score (nSPS) is 14.1. The zero-order chi connectivity index (χ0) is 12.4. The predicted molar refractivity (Wildman–Crippen MR) is 61.5 cm³/mol. The number of hydrogen-bond acceptors (Lipinski definition) is 1. The zero-order valence-electron chi connectivity index (χ0n) is 10.4. The molecular formula is C12H24F3N. The summed E-state index contributed by atoms with van der Waals surface area (Å²) in [7, 11) is 0. The average Bonchev–Trinajstić information content (AvgIpc) is 2.19. The van der Waals surface area contributed by atoms with E-state index in [1.807, 2.05) is 0 Å². The number of halogens is 3. The van der Waals surface area contributed by atoms with E-state index in [-0.39, 0.29) is 12.5 Å². The van der Waals surface area contributed by atoms with Crippen molar-refractivity contribution in [3.05, 3.63) is 0 Å². The van der Waals surface area contributed by atoms with Crippen molar-refractivity contribution >= 4 is 0 Å². The maximum absolute atomic E-state index is 12.0. The largest absolute Gasteiger partial charge is 0.389 e. The lowest BCUT2D eigenvalue weighted by Gasteiger charge is -2.18. The molecular weight excluding hydrogens is 215 g/mol. The van der Waals surface area contributed by atoms with Gasteiger partial charge in [0, 0.05) is 12.5 Å². The SMILES string of the molecule is CCCCC(CCCC(F)(F)F)NCCC. The average molecular weight is 239 g/mol. The Hall–Kier alpha value is -0.250. The van der Waals surface area contributed by atoms with Gasteiger partial charge in [-0.2, -0.15) is 13.2 Å². The van der Waals surface area contributed by atoms with Crippen LogP contribution in [0.2, 0.25) is 0 Å². The molecule has 1 N–H and O–H groups in total. The molecule has 0 heterocycles. The van der Waals surface area contributed by atoms with Crippen molar-refractivity contribution in [2.45, 2.75) is 71.0 Å². The molecule has 0 saturated heterocycles. The fourth-order valence-electron chi connectivity index (χ4n) is 1.70. The highest BCUT2D eigenvalue weighted by Gasteiger charge is 2.26. The van der Waals surface area contributed by atoms with Crippen molar-refractivity contribution in [2.24, 2.45) is 0 Å². The summed E-state index contributed by atoms with van der Waals surface area (Å²) in [5.41, 5.74) is 0. The van der Waals surface area contributed by atoms with Crippen LogP contribution in [-0.4, -0.2) is 18.8 Å². The van der Waals surface area contributed by atoms with E-state index in [9.17, 15) is 13.2 Å². The summed E-state index contributed by atoms with van der Waals surface area (Å²) in [6, 6.07) is 0.266. The molecule has 0 fully saturated rings. The van der Waals surface area contributed by atoms with E-state index in [4.69, 9.17) is 0 Å².